The summed E-state index contributed by atoms with van der Waals surface area (Å²) in [6.45, 7) is 4.33. The number of carbonyl (C=O) groups excluding carboxylic acids is 1. The fourth-order valence-electron chi connectivity index (χ4n) is 1.27. The number of amides is 1. The van der Waals surface area contributed by atoms with Gasteiger partial charge in [-0.15, -0.1) is 16.4 Å². The van der Waals surface area contributed by atoms with E-state index in [0.717, 1.165) is 16.3 Å². The third kappa shape index (κ3) is 2.88. The van der Waals surface area contributed by atoms with Gasteiger partial charge in [0.25, 0.3) is 5.91 Å². The van der Waals surface area contributed by atoms with Crippen LogP contribution >= 0.6 is 11.3 Å². The van der Waals surface area contributed by atoms with Gasteiger partial charge < -0.3 is 5.32 Å². The Bertz CT molecular complexity index is 518. The highest BCUT2D eigenvalue weighted by molar-refractivity contribution is 7.11. The summed E-state index contributed by atoms with van der Waals surface area (Å²) in [5.74, 6) is 0.601. The van der Waals surface area contributed by atoms with Gasteiger partial charge in [0.1, 0.15) is 10.8 Å². The van der Waals surface area contributed by atoms with E-state index in [-0.39, 0.29) is 11.7 Å². The molecular formula is C10H13N5OS. The van der Waals surface area contributed by atoms with Crippen LogP contribution in [0.4, 0.5) is 0 Å². The van der Waals surface area contributed by atoms with Crippen molar-refractivity contribution in [1.82, 2.24) is 25.5 Å². The molecule has 0 fully saturated rings. The summed E-state index contributed by atoms with van der Waals surface area (Å²) in [4.78, 5) is 21.0. The van der Waals surface area contributed by atoms with Crippen molar-refractivity contribution >= 4 is 17.2 Å². The number of hydrogen-bond donors (Lipinski definition) is 2. The van der Waals surface area contributed by atoms with Crippen molar-refractivity contribution in [2.24, 2.45) is 0 Å². The third-order valence-corrected chi connectivity index (χ3v) is 3.05. The average molecular weight is 251 g/mol. The molecule has 0 radical (unpaired) electrons. The molecular weight excluding hydrogens is 238 g/mol. The zero-order valence-corrected chi connectivity index (χ0v) is 10.5. The lowest BCUT2D eigenvalue weighted by atomic mass is 10.4. The molecule has 0 unspecified atom stereocenters. The first-order chi connectivity index (χ1) is 8.19. The maximum absolute atomic E-state index is 11.7. The Morgan fingerprint density at radius 2 is 2.41 bits per heavy atom. The lowest BCUT2D eigenvalue weighted by Crippen LogP contribution is -2.23. The highest BCUT2D eigenvalue weighted by Crippen LogP contribution is 2.10. The topological polar surface area (TPSA) is 83.6 Å². The van der Waals surface area contributed by atoms with Gasteiger partial charge in [0, 0.05) is 17.5 Å². The Labute approximate surface area is 103 Å². The summed E-state index contributed by atoms with van der Waals surface area (Å²) >= 11 is 1.56. The fourth-order valence-corrected chi connectivity index (χ4v) is 2.00. The van der Waals surface area contributed by atoms with E-state index in [0.29, 0.717) is 12.4 Å². The normalized spacial score (nSPS) is 10.5. The molecule has 0 atom stereocenters. The Kier molecular flexibility index (Phi) is 3.48. The van der Waals surface area contributed by atoms with Crippen LogP contribution in [0.3, 0.4) is 0 Å². The largest absolute Gasteiger partial charge is 0.343 e. The van der Waals surface area contributed by atoms with Crippen molar-refractivity contribution in [3.8, 4) is 0 Å². The van der Waals surface area contributed by atoms with Gasteiger partial charge in [-0.3, -0.25) is 9.89 Å². The minimum atomic E-state index is -0.284. The summed E-state index contributed by atoms with van der Waals surface area (Å²) in [6, 6.07) is 0. The molecule has 6 nitrogen and oxygen atoms in total. The number of H-pyrrole nitrogens is 1. The van der Waals surface area contributed by atoms with E-state index in [1.165, 1.54) is 0 Å². The summed E-state index contributed by atoms with van der Waals surface area (Å²) in [7, 11) is 0. The molecule has 17 heavy (non-hydrogen) atoms. The number of hydrogen-bond acceptors (Lipinski definition) is 5. The first-order valence-electron chi connectivity index (χ1n) is 5.30. The predicted octanol–water partition coefficient (Wildman–Crippen LogP) is 1.06. The quantitative estimate of drug-likeness (QED) is 0.851. The molecule has 0 saturated heterocycles. The van der Waals surface area contributed by atoms with E-state index in [4.69, 9.17) is 0 Å². The van der Waals surface area contributed by atoms with Crippen molar-refractivity contribution < 1.29 is 4.79 Å². The van der Waals surface area contributed by atoms with Crippen molar-refractivity contribution in [3.05, 3.63) is 27.7 Å². The highest BCUT2D eigenvalue weighted by Gasteiger charge is 2.11. The van der Waals surface area contributed by atoms with Crippen LogP contribution in [0, 0.1) is 6.92 Å². The fraction of sp³-hybridized carbons (Fsp3) is 0.400. The summed E-state index contributed by atoms with van der Waals surface area (Å²) < 4.78 is 0. The summed E-state index contributed by atoms with van der Waals surface area (Å²) in [5, 5.41) is 10.1. The van der Waals surface area contributed by atoms with E-state index in [1.807, 2.05) is 13.8 Å². The van der Waals surface area contributed by atoms with Crippen LogP contribution in [0.15, 0.2) is 6.20 Å². The SMILES string of the molecule is CCc1nc(C(=O)NCc2ncc(C)s2)n[nH]1. The van der Waals surface area contributed by atoms with Crippen molar-refractivity contribution in [3.63, 3.8) is 0 Å². The molecule has 0 saturated carbocycles. The Hall–Kier alpha value is -1.76. The average Bonchev–Trinajstić information content (AvgIpc) is 2.94. The van der Waals surface area contributed by atoms with Crippen LogP contribution in [0.2, 0.25) is 0 Å². The first kappa shape index (κ1) is 11.7. The zero-order chi connectivity index (χ0) is 12.3. The standard InChI is InChI=1S/C10H13N5OS/c1-3-7-13-9(15-14-7)10(16)12-5-8-11-4-6(2)17-8/h4H,3,5H2,1-2H3,(H,12,16)(H,13,14,15). The highest BCUT2D eigenvalue weighted by atomic mass is 32.1. The van der Waals surface area contributed by atoms with Crippen LogP contribution in [-0.2, 0) is 13.0 Å². The van der Waals surface area contributed by atoms with Crippen LogP contribution in [0.25, 0.3) is 0 Å². The number of aryl methyl sites for hydroxylation is 2. The van der Waals surface area contributed by atoms with Gasteiger partial charge in [-0.2, -0.15) is 0 Å². The summed E-state index contributed by atoms with van der Waals surface area (Å²) in [5.41, 5.74) is 0. The van der Waals surface area contributed by atoms with Gasteiger partial charge in [0.05, 0.1) is 6.54 Å². The van der Waals surface area contributed by atoms with E-state index in [2.05, 4.69) is 25.5 Å². The number of thiazole rings is 1. The lowest BCUT2D eigenvalue weighted by Gasteiger charge is -1.98. The number of nitrogens with one attached hydrogen (secondary N) is 2. The van der Waals surface area contributed by atoms with Crippen LogP contribution in [0.1, 0.15) is 33.3 Å². The molecule has 1 amide bonds. The molecule has 0 aliphatic rings. The number of carbonyl (C=O) groups is 1. The Morgan fingerprint density at radius 3 is 3.00 bits per heavy atom. The van der Waals surface area contributed by atoms with E-state index in [9.17, 15) is 4.79 Å². The number of aromatic nitrogens is 4. The Balaban J connectivity index is 1.93. The lowest BCUT2D eigenvalue weighted by molar-refractivity contribution is 0.0941. The molecule has 2 rings (SSSR count). The molecule has 0 aliphatic heterocycles. The van der Waals surface area contributed by atoms with E-state index < -0.39 is 0 Å². The summed E-state index contributed by atoms with van der Waals surface area (Å²) in [6.07, 6.45) is 2.51. The van der Waals surface area contributed by atoms with Gasteiger partial charge in [-0.05, 0) is 6.92 Å². The van der Waals surface area contributed by atoms with Gasteiger partial charge in [-0.1, -0.05) is 6.92 Å². The second kappa shape index (κ2) is 5.05. The predicted molar refractivity (Wildman–Crippen MR) is 63.8 cm³/mol. The van der Waals surface area contributed by atoms with Crippen LogP contribution in [0.5, 0.6) is 0 Å². The first-order valence-corrected chi connectivity index (χ1v) is 6.11. The third-order valence-electron chi connectivity index (χ3n) is 2.14. The molecule has 2 heterocycles. The smallest absolute Gasteiger partial charge is 0.291 e. The van der Waals surface area contributed by atoms with Crippen molar-refractivity contribution in [1.29, 1.82) is 0 Å². The molecule has 0 aromatic carbocycles. The maximum Gasteiger partial charge on any atom is 0.291 e. The second-order valence-corrected chi connectivity index (χ2v) is 4.83. The number of rotatable bonds is 4. The van der Waals surface area contributed by atoms with Gasteiger partial charge in [0.15, 0.2) is 0 Å². The number of nitrogens with zero attached hydrogens (tertiary/aromatic N) is 3. The maximum atomic E-state index is 11.7. The zero-order valence-electron chi connectivity index (χ0n) is 9.65. The molecule has 7 heteroatoms. The molecule has 2 aromatic heterocycles. The van der Waals surface area contributed by atoms with Crippen LogP contribution < -0.4 is 5.32 Å². The van der Waals surface area contributed by atoms with E-state index in [1.54, 1.807) is 17.5 Å². The number of aromatic amines is 1. The van der Waals surface area contributed by atoms with Gasteiger partial charge >= 0.3 is 0 Å². The molecule has 0 aliphatic carbocycles. The van der Waals surface area contributed by atoms with E-state index >= 15 is 0 Å². The molecule has 2 N–H and O–H groups in total. The second-order valence-electron chi connectivity index (χ2n) is 3.51. The van der Waals surface area contributed by atoms with Crippen molar-refractivity contribution in [2.45, 2.75) is 26.8 Å². The molecule has 0 spiro atoms. The van der Waals surface area contributed by atoms with Gasteiger partial charge in [0.2, 0.25) is 5.82 Å². The molecule has 0 bridgehead atoms. The van der Waals surface area contributed by atoms with Crippen LogP contribution in [-0.4, -0.2) is 26.1 Å². The molecule has 2 aromatic rings. The molecule has 90 valence electrons. The van der Waals surface area contributed by atoms with Crippen molar-refractivity contribution in [2.75, 3.05) is 0 Å². The monoisotopic (exact) mass is 251 g/mol. The Morgan fingerprint density at radius 1 is 1.59 bits per heavy atom. The minimum Gasteiger partial charge on any atom is -0.343 e. The van der Waals surface area contributed by atoms with Gasteiger partial charge in [-0.25, -0.2) is 9.97 Å². The minimum absolute atomic E-state index is 0.176.